The lowest BCUT2D eigenvalue weighted by molar-refractivity contribution is -0.137. The van der Waals surface area contributed by atoms with Crippen molar-refractivity contribution >= 4 is 29.1 Å². The van der Waals surface area contributed by atoms with Crippen molar-refractivity contribution in [3.63, 3.8) is 0 Å². The van der Waals surface area contributed by atoms with Crippen LogP contribution in [0.25, 0.3) is 0 Å². The van der Waals surface area contributed by atoms with Gasteiger partial charge in [0, 0.05) is 5.56 Å². The van der Waals surface area contributed by atoms with Crippen molar-refractivity contribution in [3.05, 3.63) is 71.3 Å². The fourth-order valence-corrected chi connectivity index (χ4v) is 4.09. The second-order valence-corrected chi connectivity index (χ2v) is 7.76. The van der Waals surface area contributed by atoms with Gasteiger partial charge >= 0.3 is 6.18 Å². The van der Waals surface area contributed by atoms with E-state index in [0.717, 1.165) is 16.5 Å². The van der Waals surface area contributed by atoms with Gasteiger partial charge in [-0.3, -0.25) is 19.3 Å². The zero-order chi connectivity index (χ0) is 22.3. The molecule has 2 aliphatic rings. The van der Waals surface area contributed by atoms with Crippen LogP contribution in [-0.4, -0.2) is 17.7 Å². The molecule has 0 radical (unpaired) electrons. The zero-order valence-electron chi connectivity index (χ0n) is 16.6. The van der Waals surface area contributed by atoms with Crippen LogP contribution in [0.2, 0.25) is 0 Å². The smallest absolute Gasteiger partial charge is 0.321 e. The Bertz CT molecular complexity index is 1090. The van der Waals surface area contributed by atoms with Crippen LogP contribution in [0.15, 0.2) is 60.2 Å². The molecule has 2 atom stereocenters. The predicted octanol–water partition coefficient (Wildman–Crippen LogP) is 4.80. The first-order valence-electron chi connectivity index (χ1n) is 9.78. The molecule has 1 saturated heterocycles. The number of hydrogen-bond donors (Lipinski definition) is 1. The molecule has 0 unspecified atom stereocenters. The molecule has 2 aromatic rings. The Morgan fingerprint density at radius 1 is 1.00 bits per heavy atom. The average Bonchev–Trinajstić information content (AvgIpc) is 2.97. The Hall–Kier alpha value is -3.42. The van der Waals surface area contributed by atoms with Gasteiger partial charge in [0.25, 0.3) is 5.91 Å². The molecule has 1 aliphatic heterocycles. The summed E-state index contributed by atoms with van der Waals surface area (Å²) in [7, 11) is 0. The molecule has 5 nitrogen and oxygen atoms in total. The summed E-state index contributed by atoms with van der Waals surface area (Å²) >= 11 is 0. The number of hydrogen-bond acceptors (Lipinski definition) is 3. The number of fused-ring (bicyclic) bond motifs is 1. The van der Waals surface area contributed by atoms with E-state index < -0.39 is 17.6 Å². The van der Waals surface area contributed by atoms with E-state index in [0.29, 0.717) is 18.5 Å². The van der Waals surface area contributed by atoms with Crippen LogP contribution < -0.4 is 10.2 Å². The predicted molar refractivity (Wildman–Crippen MR) is 108 cm³/mol. The van der Waals surface area contributed by atoms with Crippen LogP contribution >= 0.6 is 0 Å². The minimum absolute atomic E-state index is 0.106. The number of imide groups is 1. The Balaban J connectivity index is 1.53. The fourth-order valence-electron chi connectivity index (χ4n) is 4.09. The van der Waals surface area contributed by atoms with Crippen molar-refractivity contribution in [2.24, 2.45) is 11.8 Å². The summed E-state index contributed by atoms with van der Waals surface area (Å²) in [6.07, 6.45) is -1.56. The van der Waals surface area contributed by atoms with E-state index in [-0.39, 0.29) is 34.9 Å². The monoisotopic (exact) mass is 428 g/mol. The molecule has 0 spiro atoms. The first-order valence-corrected chi connectivity index (χ1v) is 9.78. The van der Waals surface area contributed by atoms with Crippen molar-refractivity contribution < 1.29 is 27.6 Å². The van der Waals surface area contributed by atoms with Crippen LogP contribution in [0, 0.1) is 11.8 Å². The minimum atomic E-state index is -4.60. The summed E-state index contributed by atoms with van der Waals surface area (Å²) in [6, 6.07) is 10.4. The summed E-state index contributed by atoms with van der Waals surface area (Å²) in [5.74, 6) is -2.01. The van der Waals surface area contributed by atoms with Crippen molar-refractivity contribution in [2.45, 2.75) is 25.9 Å². The maximum atomic E-state index is 13.1. The lowest BCUT2D eigenvalue weighted by atomic mass is 9.82. The average molecular weight is 428 g/mol. The van der Waals surface area contributed by atoms with Crippen molar-refractivity contribution in [2.75, 3.05) is 10.2 Å². The van der Waals surface area contributed by atoms with E-state index in [1.54, 1.807) is 0 Å². The Morgan fingerprint density at radius 2 is 1.65 bits per heavy atom. The number of halogens is 3. The number of anilines is 2. The molecule has 8 heteroatoms. The lowest BCUT2D eigenvalue weighted by Gasteiger charge is -2.18. The largest absolute Gasteiger partial charge is 0.418 e. The molecular formula is C23H19F3N2O3. The van der Waals surface area contributed by atoms with Crippen LogP contribution in [0.3, 0.4) is 0 Å². The third kappa shape index (κ3) is 3.85. The first kappa shape index (κ1) is 20.8. The highest BCUT2D eigenvalue weighted by Crippen LogP contribution is 2.40. The highest BCUT2D eigenvalue weighted by Gasteiger charge is 2.48. The number of amides is 3. The highest BCUT2D eigenvalue weighted by atomic mass is 19.4. The van der Waals surface area contributed by atoms with Gasteiger partial charge in [-0.15, -0.1) is 0 Å². The van der Waals surface area contributed by atoms with E-state index in [9.17, 15) is 27.6 Å². The standard InChI is InChI=1S/C23H19F3N2O3/c1-13-6-11-16-17(12-13)22(31)28(21(16)30)15-9-7-14(8-10-15)20(29)27-19-5-3-2-4-18(19)23(24,25)26/h2-10,16-17H,11-12H2,1H3,(H,27,29)/t16-,17+/m0/s1. The van der Waals surface area contributed by atoms with Gasteiger partial charge in [-0.1, -0.05) is 23.8 Å². The number of benzene rings is 2. The second-order valence-electron chi connectivity index (χ2n) is 7.76. The number of para-hydroxylation sites is 1. The molecule has 1 heterocycles. The summed E-state index contributed by atoms with van der Waals surface area (Å²) in [5.41, 5.74) is 0.236. The van der Waals surface area contributed by atoms with E-state index >= 15 is 0 Å². The molecule has 1 N–H and O–H groups in total. The van der Waals surface area contributed by atoms with E-state index in [4.69, 9.17) is 0 Å². The third-order valence-electron chi connectivity index (χ3n) is 5.69. The number of rotatable bonds is 3. The molecule has 31 heavy (non-hydrogen) atoms. The van der Waals surface area contributed by atoms with Crippen molar-refractivity contribution in [1.29, 1.82) is 0 Å². The van der Waals surface area contributed by atoms with Gasteiger partial charge in [0.1, 0.15) is 0 Å². The quantitative estimate of drug-likeness (QED) is 0.564. The highest BCUT2D eigenvalue weighted by molar-refractivity contribution is 6.22. The molecular weight excluding hydrogens is 409 g/mol. The maximum Gasteiger partial charge on any atom is 0.418 e. The van der Waals surface area contributed by atoms with Crippen molar-refractivity contribution in [1.82, 2.24) is 0 Å². The molecule has 0 aromatic heterocycles. The van der Waals surface area contributed by atoms with Gasteiger partial charge in [-0.25, -0.2) is 0 Å². The van der Waals surface area contributed by atoms with Gasteiger partial charge in [-0.2, -0.15) is 13.2 Å². The SMILES string of the molecule is CC1=CC[C@@H]2C(=O)N(c3ccc(C(=O)Nc4ccccc4C(F)(F)F)cc3)C(=O)[C@@H]2C1. The molecule has 1 aliphatic carbocycles. The zero-order valence-corrected chi connectivity index (χ0v) is 16.6. The van der Waals surface area contributed by atoms with E-state index in [1.807, 2.05) is 13.0 Å². The molecule has 0 saturated carbocycles. The number of alkyl halides is 3. The van der Waals surface area contributed by atoms with E-state index in [2.05, 4.69) is 5.32 Å². The third-order valence-corrected chi connectivity index (χ3v) is 5.69. The van der Waals surface area contributed by atoms with Gasteiger partial charge in [0.2, 0.25) is 11.8 Å². The van der Waals surface area contributed by atoms with Crippen LogP contribution in [0.4, 0.5) is 24.5 Å². The molecule has 4 rings (SSSR count). The first-order chi connectivity index (χ1) is 14.7. The van der Waals surface area contributed by atoms with Gasteiger partial charge < -0.3 is 5.32 Å². The Kier molecular flexibility index (Phi) is 5.16. The number of allylic oxidation sites excluding steroid dienone is 2. The summed E-state index contributed by atoms with van der Waals surface area (Å²) in [5, 5.41) is 2.27. The van der Waals surface area contributed by atoms with Crippen LogP contribution in [0.1, 0.15) is 35.7 Å². The van der Waals surface area contributed by atoms with E-state index in [1.165, 1.54) is 42.5 Å². The van der Waals surface area contributed by atoms with Crippen molar-refractivity contribution in [3.8, 4) is 0 Å². The van der Waals surface area contributed by atoms with Gasteiger partial charge in [-0.05, 0) is 56.2 Å². The van der Waals surface area contributed by atoms with Crippen LogP contribution in [0.5, 0.6) is 0 Å². The normalized spacial score (nSPS) is 21.0. The minimum Gasteiger partial charge on any atom is -0.321 e. The number of carbonyl (C=O) groups is 3. The van der Waals surface area contributed by atoms with Crippen LogP contribution in [-0.2, 0) is 15.8 Å². The molecule has 160 valence electrons. The summed E-state index contributed by atoms with van der Waals surface area (Å²) in [6.45, 7) is 1.93. The Labute approximate surface area is 176 Å². The maximum absolute atomic E-state index is 13.1. The topological polar surface area (TPSA) is 66.5 Å². The molecule has 2 aromatic carbocycles. The lowest BCUT2D eigenvalue weighted by Crippen LogP contribution is -2.30. The molecule has 1 fully saturated rings. The Morgan fingerprint density at radius 3 is 2.32 bits per heavy atom. The second kappa shape index (κ2) is 7.68. The molecule has 3 amide bonds. The molecule has 0 bridgehead atoms. The number of nitrogens with zero attached hydrogens (tertiary/aromatic N) is 1. The number of carbonyl (C=O) groups excluding carboxylic acids is 3. The summed E-state index contributed by atoms with van der Waals surface area (Å²) < 4.78 is 39.4. The number of nitrogens with one attached hydrogen (secondary N) is 1. The van der Waals surface area contributed by atoms with Gasteiger partial charge in [0.05, 0.1) is 28.8 Å². The summed E-state index contributed by atoms with van der Waals surface area (Å²) in [4.78, 5) is 39.1. The fraction of sp³-hybridized carbons (Fsp3) is 0.261. The van der Waals surface area contributed by atoms with Gasteiger partial charge in [0.15, 0.2) is 0 Å².